The first-order valence-electron chi connectivity index (χ1n) is 21.3. The van der Waals surface area contributed by atoms with Gasteiger partial charge < -0.3 is 19.8 Å². The lowest BCUT2D eigenvalue weighted by atomic mass is 10.0. The van der Waals surface area contributed by atoms with Gasteiger partial charge in [0.05, 0.1) is 22.8 Å². The molecule has 2 N–H and O–H groups in total. The summed E-state index contributed by atoms with van der Waals surface area (Å²) >= 11 is 0. The van der Waals surface area contributed by atoms with Crippen molar-refractivity contribution in [2.75, 3.05) is 26.2 Å². The van der Waals surface area contributed by atoms with Crippen LogP contribution in [0.25, 0.3) is 68.6 Å². The summed E-state index contributed by atoms with van der Waals surface area (Å²) in [4.78, 5) is 48.7. The molecule has 0 aliphatic carbocycles. The van der Waals surface area contributed by atoms with Crippen molar-refractivity contribution < 1.29 is 9.59 Å². The maximum absolute atomic E-state index is 13.6. The van der Waals surface area contributed by atoms with Crippen molar-refractivity contribution in [3.05, 3.63) is 119 Å². The molecule has 2 aliphatic heterocycles. The SMILES string of the molecule is CCCCN(CCCC)C(=O)c1ccc(-c2c3nc(cc4ccc([nH]4)c(-c4ccc(C(=O)N(CCCC)CCCC)cc4)c4nc(cc5ccc2[nH]5)C=C4)C=C3)cc1. The fourth-order valence-electron chi connectivity index (χ4n) is 7.63. The van der Waals surface area contributed by atoms with Crippen molar-refractivity contribution in [3.63, 3.8) is 0 Å². The van der Waals surface area contributed by atoms with E-state index in [-0.39, 0.29) is 11.8 Å². The Kier molecular flexibility index (Phi) is 13.1. The third-order valence-electron chi connectivity index (χ3n) is 10.9. The van der Waals surface area contributed by atoms with E-state index in [1.165, 1.54) is 0 Å². The van der Waals surface area contributed by atoms with Gasteiger partial charge in [-0.05, 0) is 122 Å². The van der Waals surface area contributed by atoms with E-state index < -0.39 is 0 Å². The summed E-state index contributed by atoms with van der Waals surface area (Å²) in [6.45, 7) is 11.8. The lowest BCUT2D eigenvalue weighted by Gasteiger charge is -2.22. The van der Waals surface area contributed by atoms with Crippen molar-refractivity contribution in [2.24, 2.45) is 0 Å². The number of nitrogens with zero attached hydrogens (tertiary/aromatic N) is 4. The second kappa shape index (κ2) is 18.9. The van der Waals surface area contributed by atoms with Crippen LogP contribution in [0.3, 0.4) is 0 Å². The van der Waals surface area contributed by atoms with E-state index in [1.54, 1.807) is 0 Å². The Hall–Kier alpha value is -6.02. The van der Waals surface area contributed by atoms with Gasteiger partial charge in [-0.3, -0.25) is 9.59 Å². The summed E-state index contributed by atoms with van der Waals surface area (Å²) in [5.74, 6) is 0.172. The first-order valence-corrected chi connectivity index (χ1v) is 21.3. The van der Waals surface area contributed by atoms with E-state index in [4.69, 9.17) is 9.97 Å². The summed E-state index contributed by atoms with van der Waals surface area (Å²) in [7, 11) is 0. The van der Waals surface area contributed by atoms with Crippen molar-refractivity contribution in [2.45, 2.75) is 79.1 Å². The molecule has 0 unspecified atom stereocenters. The van der Waals surface area contributed by atoms with Gasteiger partial charge in [-0.2, -0.15) is 0 Å². The molecule has 2 aromatic carbocycles. The highest BCUT2D eigenvalue weighted by Crippen LogP contribution is 2.33. The number of benzene rings is 2. The van der Waals surface area contributed by atoms with E-state index in [2.05, 4.69) is 86.2 Å². The van der Waals surface area contributed by atoms with Crippen LogP contribution >= 0.6 is 0 Å². The van der Waals surface area contributed by atoms with Crippen LogP contribution in [-0.4, -0.2) is 67.7 Å². The van der Waals surface area contributed by atoms with Crippen LogP contribution in [0, 0.1) is 0 Å². The van der Waals surface area contributed by atoms with E-state index >= 15 is 0 Å². The summed E-state index contributed by atoms with van der Waals surface area (Å²) in [5, 5.41) is 0. The number of carbonyl (C=O) groups is 2. The molecule has 5 aromatic rings. The highest BCUT2D eigenvalue weighted by molar-refractivity contribution is 5.98. The van der Waals surface area contributed by atoms with Gasteiger partial charge in [0.15, 0.2) is 0 Å². The van der Waals surface area contributed by atoms with E-state index in [1.807, 2.05) is 70.5 Å². The van der Waals surface area contributed by atoms with Gasteiger partial charge in [-0.15, -0.1) is 0 Å². The first kappa shape index (κ1) is 40.2. The van der Waals surface area contributed by atoms with Crippen LogP contribution in [0.4, 0.5) is 0 Å². The number of aromatic nitrogens is 4. The van der Waals surface area contributed by atoms with Gasteiger partial charge in [0.2, 0.25) is 0 Å². The lowest BCUT2D eigenvalue weighted by molar-refractivity contribution is 0.0743. The zero-order valence-electron chi connectivity index (χ0n) is 34.5. The molecule has 2 amide bonds. The molecule has 0 fully saturated rings. The molecule has 0 atom stereocenters. The van der Waals surface area contributed by atoms with Crippen molar-refractivity contribution >= 4 is 58.2 Å². The average Bonchev–Trinajstić information content (AvgIpc) is 4.09. The average molecular weight is 773 g/mol. The molecule has 3 aromatic heterocycles. The molecular formula is C50H56N6O2. The molecule has 8 nitrogen and oxygen atoms in total. The van der Waals surface area contributed by atoms with Gasteiger partial charge >= 0.3 is 0 Å². The van der Waals surface area contributed by atoms with E-state index in [0.29, 0.717) is 11.1 Å². The Bertz CT molecular complexity index is 2260. The number of H-pyrrole nitrogens is 2. The highest BCUT2D eigenvalue weighted by atomic mass is 16.2. The molecule has 58 heavy (non-hydrogen) atoms. The number of hydrogen-bond donors (Lipinski definition) is 2. The van der Waals surface area contributed by atoms with Gasteiger partial charge in [-0.25, -0.2) is 9.97 Å². The van der Waals surface area contributed by atoms with Crippen molar-refractivity contribution in [1.82, 2.24) is 29.7 Å². The smallest absolute Gasteiger partial charge is 0.253 e. The number of rotatable bonds is 16. The quantitative estimate of drug-likeness (QED) is 0.102. The predicted molar refractivity (Wildman–Crippen MR) is 241 cm³/mol. The van der Waals surface area contributed by atoms with Crippen LogP contribution in [0.15, 0.2) is 84.9 Å². The van der Waals surface area contributed by atoms with E-state index in [0.717, 1.165) is 145 Å². The second-order valence-electron chi connectivity index (χ2n) is 15.4. The maximum atomic E-state index is 13.6. The fourth-order valence-corrected chi connectivity index (χ4v) is 7.63. The molecular weight excluding hydrogens is 717 g/mol. The summed E-state index contributed by atoms with van der Waals surface area (Å²) in [6, 6.07) is 28.4. The Morgan fingerprint density at radius 2 is 0.845 bits per heavy atom. The molecule has 8 heteroatoms. The normalized spacial score (nSPS) is 11.9. The molecule has 298 valence electrons. The molecule has 0 radical (unpaired) electrons. The van der Waals surface area contributed by atoms with Crippen LogP contribution in [0.2, 0.25) is 0 Å². The largest absolute Gasteiger partial charge is 0.355 e. The third kappa shape index (κ3) is 9.23. The molecule has 0 saturated heterocycles. The molecule has 2 aliphatic rings. The van der Waals surface area contributed by atoms with E-state index in [9.17, 15) is 9.59 Å². The number of fused-ring (bicyclic) bond motifs is 8. The minimum Gasteiger partial charge on any atom is -0.355 e. The predicted octanol–water partition coefficient (Wildman–Crippen LogP) is 12.1. The van der Waals surface area contributed by atoms with Crippen LogP contribution in [0.1, 0.15) is 123 Å². The number of hydrogen-bond acceptors (Lipinski definition) is 4. The molecule has 0 spiro atoms. The Morgan fingerprint density at radius 1 is 0.483 bits per heavy atom. The van der Waals surface area contributed by atoms with Gasteiger partial charge in [0, 0.05) is 70.5 Å². The standard InChI is InChI=1S/C50H56N6O2/c1-5-9-29-55(30-10-6-2)49(57)37-17-13-35(14-18-37)47-43-25-21-39(51-43)33-41-23-27-45(53-41)48(46-28-24-42(54-46)34-40-22-26-44(47)52-40)36-15-19-38(20-16-36)50(58)56(31-11-7-3)32-12-8-4/h13-28,33-34,51,54H,5-12,29-32H2,1-4H3. The van der Waals surface area contributed by atoms with Crippen LogP contribution < -0.4 is 0 Å². The van der Waals surface area contributed by atoms with Crippen LogP contribution in [0.5, 0.6) is 0 Å². The zero-order chi connectivity index (χ0) is 40.4. The van der Waals surface area contributed by atoms with Crippen LogP contribution in [-0.2, 0) is 0 Å². The maximum Gasteiger partial charge on any atom is 0.253 e. The zero-order valence-corrected chi connectivity index (χ0v) is 34.5. The summed E-state index contributed by atoms with van der Waals surface area (Å²) in [5.41, 5.74) is 12.3. The summed E-state index contributed by atoms with van der Waals surface area (Å²) < 4.78 is 0. The Morgan fingerprint density at radius 3 is 1.19 bits per heavy atom. The van der Waals surface area contributed by atoms with Crippen molar-refractivity contribution in [3.8, 4) is 22.3 Å². The summed E-state index contributed by atoms with van der Waals surface area (Å²) in [6.07, 6.45) is 16.4. The molecule has 8 bridgehead atoms. The van der Waals surface area contributed by atoms with Gasteiger partial charge in [0.25, 0.3) is 11.8 Å². The Labute approximate surface area is 342 Å². The number of nitrogens with one attached hydrogen (secondary N) is 2. The lowest BCUT2D eigenvalue weighted by Crippen LogP contribution is -2.32. The number of carbonyl (C=O) groups excluding carboxylic acids is 2. The molecule has 7 rings (SSSR count). The fraction of sp³-hybridized carbons (Fsp3) is 0.320. The second-order valence-corrected chi connectivity index (χ2v) is 15.4. The number of amides is 2. The molecule has 0 saturated carbocycles. The topological polar surface area (TPSA) is 98.0 Å². The monoisotopic (exact) mass is 772 g/mol. The number of unbranched alkanes of at least 4 members (excludes halogenated alkanes) is 4. The molecule has 5 heterocycles. The number of aromatic amines is 2. The minimum absolute atomic E-state index is 0.0860. The third-order valence-corrected chi connectivity index (χ3v) is 10.9. The van der Waals surface area contributed by atoms with Crippen molar-refractivity contribution in [1.29, 1.82) is 0 Å². The minimum atomic E-state index is 0.0860. The highest BCUT2D eigenvalue weighted by Gasteiger charge is 2.19. The Balaban J connectivity index is 1.29. The first-order chi connectivity index (χ1) is 28.4. The van der Waals surface area contributed by atoms with Gasteiger partial charge in [0.1, 0.15) is 0 Å². The van der Waals surface area contributed by atoms with Gasteiger partial charge in [-0.1, -0.05) is 77.6 Å².